The number of carbonyl (C=O) groups excluding carboxylic acids is 2. The molecule has 0 aliphatic carbocycles. The van der Waals surface area contributed by atoms with Crippen LogP contribution in [0.3, 0.4) is 0 Å². The van der Waals surface area contributed by atoms with E-state index in [2.05, 4.69) is 21.2 Å². The predicted molar refractivity (Wildman–Crippen MR) is 85.8 cm³/mol. The lowest BCUT2D eigenvalue weighted by Crippen LogP contribution is -2.38. The molecule has 0 spiro atoms. The minimum Gasteiger partial charge on any atom is -0.482 e. The first-order valence-corrected chi connectivity index (χ1v) is 9.49. The molecule has 7 nitrogen and oxygen atoms in total. The van der Waals surface area contributed by atoms with Crippen molar-refractivity contribution in [3.63, 3.8) is 0 Å². The molecule has 1 aromatic rings. The molecule has 2 rings (SSSR count). The van der Waals surface area contributed by atoms with Gasteiger partial charge >= 0.3 is 5.97 Å². The summed E-state index contributed by atoms with van der Waals surface area (Å²) in [6.07, 6.45) is 0.384. The van der Waals surface area contributed by atoms with Crippen molar-refractivity contribution in [1.29, 1.82) is 0 Å². The van der Waals surface area contributed by atoms with E-state index in [0.717, 1.165) is 4.47 Å². The molecule has 9 heteroatoms. The van der Waals surface area contributed by atoms with Crippen molar-refractivity contribution in [3.05, 3.63) is 28.7 Å². The van der Waals surface area contributed by atoms with E-state index in [9.17, 15) is 18.0 Å². The van der Waals surface area contributed by atoms with Gasteiger partial charge in [-0.05, 0) is 30.7 Å². The van der Waals surface area contributed by atoms with Gasteiger partial charge in [-0.2, -0.15) is 0 Å². The van der Waals surface area contributed by atoms with E-state index in [4.69, 9.17) is 9.47 Å². The second-order valence-electron chi connectivity index (χ2n) is 5.07. The SMILES string of the molecule is O=C(COC(=O)COc1ccc(Br)cc1)N[C@H]1CCS(=O)(=O)C1. The van der Waals surface area contributed by atoms with Gasteiger partial charge in [0.05, 0.1) is 11.5 Å². The first kappa shape index (κ1) is 17.7. The maximum atomic E-state index is 11.6. The number of nitrogens with one attached hydrogen (secondary N) is 1. The van der Waals surface area contributed by atoms with Gasteiger partial charge in [-0.15, -0.1) is 0 Å². The number of amides is 1. The van der Waals surface area contributed by atoms with E-state index in [1.54, 1.807) is 24.3 Å². The summed E-state index contributed by atoms with van der Waals surface area (Å²) in [5.74, 6) is -0.699. The molecule has 1 amide bonds. The molecule has 0 bridgehead atoms. The van der Waals surface area contributed by atoms with Crippen LogP contribution in [-0.4, -0.2) is 51.1 Å². The van der Waals surface area contributed by atoms with Gasteiger partial charge in [0.1, 0.15) is 5.75 Å². The van der Waals surface area contributed by atoms with Crippen molar-refractivity contribution < 1.29 is 27.5 Å². The molecule has 1 heterocycles. The van der Waals surface area contributed by atoms with E-state index in [1.807, 2.05) is 0 Å². The largest absolute Gasteiger partial charge is 0.482 e. The molecule has 0 aromatic heterocycles. The third kappa shape index (κ3) is 6.19. The number of carbonyl (C=O) groups is 2. The lowest BCUT2D eigenvalue weighted by Gasteiger charge is -2.11. The Bertz CT molecular complexity index is 673. The van der Waals surface area contributed by atoms with Crippen LogP contribution in [0.2, 0.25) is 0 Å². The normalized spacial score (nSPS) is 19.1. The first-order valence-electron chi connectivity index (χ1n) is 6.88. The number of hydrogen-bond acceptors (Lipinski definition) is 6. The maximum Gasteiger partial charge on any atom is 0.344 e. The number of halogens is 1. The van der Waals surface area contributed by atoms with Gasteiger partial charge in [0.25, 0.3) is 5.91 Å². The number of ether oxygens (including phenoxy) is 2. The average Bonchev–Trinajstić information content (AvgIpc) is 2.83. The number of sulfone groups is 1. The van der Waals surface area contributed by atoms with E-state index < -0.39 is 34.4 Å². The zero-order valence-electron chi connectivity index (χ0n) is 12.2. The molecule has 0 radical (unpaired) electrons. The molecule has 1 saturated heterocycles. The second kappa shape index (κ2) is 7.78. The quantitative estimate of drug-likeness (QED) is 0.698. The van der Waals surface area contributed by atoms with Gasteiger partial charge in [-0.3, -0.25) is 4.79 Å². The highest BCUT2D eigenvalue weighted by Crippen LogP contribution is 2.16. The Morgan fingerprint density at radius 3 is 2.52 bits per heavy atom. The topological polar surface area (TPSA) is 98.8 Å². The fourth-order valence-electron chi connectivity index (χ4n) is 2.04. The molecule has 1 atom stereocenters. The number of hydrogen-bond donors (Lipinski definition) is 1. The maximum absolute atomic E-state index is 11.6. The van der Waals surface area contributed by atoms with Crippen LogP contribution in [0.4, 0.5) is 0 Å². The molecule has 1 aromatic carbocycles. The minimum absolute atomic E-state index is 0.0682. The van der Waals surface area contributed by atoms with Gasteiger partial charge in [-0.1, -0.05) is 15.9 Å². The van der Waals surface area contributed by atoms with Crippen LogP contribution in [0.5, 0.6) is 5.75 Å². The lowest BCUT2D eigenvalue weighted by molar-refractivity contribution is -0.150. The van der Waals surface area contributed by atoms with Crippen molar-refractivity contribution in [2.75, 3.05) is 24.7 Å². The number of rotatable bonds is 6. The predicted octanol–water partition coefficient (Wildman–Crippen LogP) is 0.674. The Morgan fingerprint density at radius 2 is 1.91 bits per heavy atom. The highest BCUT2D eigenvalue weighted by atomic mass is 79.9. The lowest BCUT2D eigenvalue weighted by atomic mass is 10.2. The molecule has 1 aliphatic heterocycles. The van der Waals surface area contributed by atoms with Crippen molar-refractivity contribution in [1.82, 2.24) is 5.32 Å². The molecule has 1 aliphatic rings. The van der Waals surface area contributed by atoms with Crippen molar-refractivity contribution in [2.24, 2.45) is 0 Å². The zero-order chi connectivity index (χ0) is 16.9. The van der Waals surface area contributed by atoms with Gasteiger partial charge < -0.3 is 14.8 Å². The Labute approximate surface area is 142 Å². The molecule has 0 unspecified atom stereocenters. The van der Waals surface area contributed by atoms with E-state index >= 15 is 0 Å². The monoisotopic (exact) mass is 405 g/mol. The van der Waals surface area contributed by atoms with Crippen LogP contribution in [0, 0.1) is 0 Å². The van der Waals surface area contributed by atoms with Crippen molar-refractivity contribution in [3.8, 4) is 5.75 Å². The Hall–Kier alpha value is -1.61. The molecule has 1 fully saturated rings. The summed E-state index contributed by atoms with van der Waals surface area (Å²) >= 11 is 3.28. The standard InChI is InChI=1S/C14H16BrNO6S/c15-10-1-3-12(4-2-10)21-8-14(18)22-7-13(17)16-11-5-6-23(19,20)9-11/h1-4,11H,5-9H2,(H,16,17)/t11-/m0/s1. The van der Waals surface area contributed by atoms with Crippen molar-refractivity contribution in [2.45, 2.75) is 12.5 Å². The zero-order valence-corrected chi connectivity index (χ0v) is 14.6. The minimum atomic E-state index is -3.06. The van der Waals surface area contributed by atoms with Gasteiger partial charge in [0, 0.05) is 10.5 Å². The molecule has 0 saturated carbocycles. The smallest absolute Gasteiger partial charge is 0.344 e. The third-order valence-electron chi connectivity index (χ3n) is 3.13. The summed E-state index contributed by atoms with van der Waals surface area (Å²) < 4.78 is 33.4. The summed E-state index contributed by atoms with van der Waals surface area (Å²) in [4.78, 5) is 23.1. The first-order chi connectivity index (χ1) is 10.8. The fraction of sp³-hybridized carbons (Fsp3) is 0.429. The van der Waals surface area contributed by atoms with Crippen LogP contribution in [0.15, 0.2) is 28.7 Å². The Morgan fingerprint density at radius 1 is 1.22 bits per heavy atom. The van der Waals surface area contributed by atoms with Gasteiger partial charge in [0.2, 0.25) is 0 Å². The Balaban J connectivity index is 1.66. The summed E-state index contributed by atoms with van der Waals surface area (Å²) in [7, 11) is -3.06. The van der Waals surface area contributed by atoms with Gasteiger partial charge in [0.15, 0.2) is 23.1 Å². The third-order valence-corrected chi connectivity index (χ3v) is 5.43. The summed E-state index contributed by atoms with van der Waals surface area (Å²) in [6.45, 7) is -0.772. The summed E-state index contributed by atoms with van der Waals surface area (Å²) in [6, 6.07) is 6.49. The summed E-state index contributed by atoms with van der Waals surface area (Å²) in [5, 5.41) is 2.53. The summed E-state index contributed by atoms with van der Waals surface area (Å²) in [5.41, 5.74) is 0. The fourth-order valence-corrected chi connectivity index (χ4v) is 3.98. The molecular weight excluding hydrogens is 390 g/mol. The Kier molecular flexibility index (Phi) is 6.00. The van der Waals surface area contributed by atoms with Crippen LogP contribution >= 0.6 is 15.9 Å². The van der Waals surface area contributed by atoms with Crippen LogP contribution in [0.1, 0.15) is 6.42 Å². The molecule has 23 heavy (non-hydrogen) atoms. The van der Waals surface area contributed by atoms with Crippen LogP contribution < -0.4 is 10.1 Å². The molecule has 126 valence electrons. The molecule has 1 N–H and O–H groups in total. The number of benzene rings is 1. The van der Waals surface area contributed by atoms with E-state index in [1.165, 1.54) is 0 Å². The molecular formula is C14H16BrNO6S. The average molecular weight is 406 g/mol. The van der Waals surface area contributed by atoms with Crippen LogP contribution in [-0.2, 0) is 24.2 Å². The van der Waals surface area contributed by atoms with Gasteiger partial charge in [-0.25, -0.2) is 13.2 Å². The second-order valence-corrected chi connectivity index (χ2v) is 8.22. The highest BCUT2D eigenvalue weighted by molar-refractivity contribution is 9.10. The van der Waals surface area contributed by atoms with E-state index in [-0.39, 0.29) is 18.1 Å². The van der Waals surface area contributed by atoms with E-state index in [0.29, 0.717) is 12.2 Å². The van der Waals surface area contributed by atoms with Crippen molar-refractivity contribution >= 4 is 37.6 Å². The van der Waals surface area contributed by atoms with Crippen LogP contribution in [0.25, 0.3) is 0 Å². The highest BCUT2D eigenvalue weighted by Gasteiger charge is 2.29. The number of esters is 1.